The van der Waals surface area contributed by atoms with Crippen LogP contribution in [-0.2, 0) is 0 Å². The zero-order valence-corrected chi connectivity index (χ0v) is 12.9. The molecule has 112 valence electrons. The Morgan fingerprint density at radius 1 is 0.952 bits per heavy atom. The summed E-state index contributed by atoms with van der Waals surface area (Å²) in [4.78, 5) is 0. The van der Waals surface area contributed by atoms with E-state index in [1.807, 2.05) is 30.3 Å². The number of benzene rings is 2. The van der Waals surface area contributed by atoms with Crippen molar-refractivity contribution in [3.05, 3.63) is 59.7 Å². The fourth-order valence-electron chi connectivity index (χ4n) is 2.40. The Labute approximate surface area is 126 Å². The lowest BCUT2D eigenvalue weighted by molar-refractivity contribution is 0.403. The highest BCUT2D eigenvalue weighted by Gasteiger charge is 2.17. The lowest BCUT2D eigenvalue weighted by Gasteiger charge is -2.22. The van der Waals surface area contributed by atoms with E-state index in [9.17, 15) is 0 Å². The Morgan fingerprint density at radius 2 is 1.67 bits per heavy atom. The van der Waals surface area contributed by atoms with Crippen molar-refractivity contribution in [1.29, 1.82) is 0 Å². The Balaban J connectivity index is 2.36. The molecule has 0 saturated carbocycles. The van der Waals surface area contributed by atoms with Gasteiger partial charge >= 0.3 is 0 Å². The van der Waals surface area contributed by atoms with Crippen molar-refractivity contribution in [2.45, 2.75) is 19.4 Å². The van der Waals surface area contributed by atoms with Gasteiger partial charge in [-0.2, -0.15) is 0 Å². The first-order valence-electron chi connectivity index (χ1n) is 7.30. The molecular formula is C18H23NO2. The van der Waals surface area contributed by atoms with E-state index in [1.54, 1.807) is 14.2 Å². The van der Waals surface area contributed by atoms with Crippen molar-refractivity contribution in [2.24, 2.45) is 0 Å². The van der Waals surface area contributed by atoms with Crippen molar-refractivity contribution >= 4 is 0 Å². The number of methoxy groups -OCH3 is 2. The first-order valence-corrected chi connectivity index (χ1v) is 7.30. The number of ether oxygens (including phenoxy) is 2. The van der Waals surface area contributed by atoms with Crippen LogP contribution >= 0.6 is 0 Å². The number of para-hydroxylation sites is 1. The summed E-state index contributed by atoms with van der Waals surface area (Å²) in [5.74, 6) is 1.77. The zero-order chi connectivity index (χ0) is 15.1. The quantitative estimate of drug-likeness (QED) is 0.839. The fraction of sp³-hybridized carbons (Fsp3) is 0.333. The number of rotatable bonds is 7. The molecule has 0 aliphatic rings. The Kier molecular flexibility index (Phi) is 5.64. The molecule has 0 spiro atoms. The van der Waals surface area contributed by atoms with E-state index >= 15 is 0 Å². The van der Waals surface area contributed by atoms with Crippen LogP contribution < -0.4 is 14.8 Å². The molecule has 1 N–H and O–H groups in total. The van der Waals surface area contributed by atoms with E-state index in [-0.39, 0.29) is 6.04 Å². The Morgan fingerprint density at radius 3 is 2.29 bits per heavy atom. The summed E-state index contributed by atoms with van der Waals surface area (Å²) in [6.45, 7) is 3.12. The van der Waals surface area contributed by atoms with Crippen LogP contribution in [0.25, 0.3) is 0 Å². The van der Waals surface area contributed by atoms with Crippen molar-refractivity contribution in [3.8, 4) is 11.5 Å². The standard InChI is InChI=1S/C18H23NO2/c1-4-13-19-18(14-9-11-15(20-2)12-10-14)16-7-5-6-8-17(16)21-3/h5-12,18-19H,4,13H2,1-3H3. The molecule has 0 aliphatic carbocycles. The molecule has 0 amide bonds. The first-order chi connectivity index (χ1) is 10.3. The minimum Gasteiger partial charge on any atom is -0.497 e. The van der Waals surface area contributed by atoms with Crippen LogP contribution in [0, 0.1) is 0 Å². The van der Waals surface area contributed by atoms with E-state index in [1.165, 1.54) is 5.56 Å². The SMILES string of the molecule is CCCNC(c1ccc(OC)cc1)c1ccccc1OC. The normalized spacial score (nSPS) is 12.0. The summed E-state index contributed by atoms with van der Waals surface area (Å²) in [6.07, 6.45) is 1.09. The van der Waals surface area contributed by atoms with Gasteiger partial charge in [-0.15, -0.1) is 0 Å². The van der Waals surface area contributed by atoms with Crippen molar-refractivity contribution in [2.75, 3.05) is 20.8 Å². The average molecular weight is 285 g/mol. The molecule has 0 bridgehead atoms. The van der Waals surface area contributed by atoms with E-state index in [0.717, 1.165) is 30.0 Å². The van der Waals surface area contributed by atoms with Gasteiger partial charge < -0.3 is 14.8 Å². The number of nitrogens with one attached hydrogen (secondary N) is 1. The molecule has 2 aromatic rings. The van der Waals surface area contributed by atoms with Gasteiger partial charge in [-0.05, 0) is 36.7 Å². The van der Waals surface area contributed by atoms with E-state index in [4.69, 9.17) is 9.47 Å². The van der Waals surface area contributed by atoms with Crippen molar-refractivity contribution < 1.29 is 9.47 Å². The highest BCUT2D eigenvalue weighted by molar-refractivity contribution is 5.42. The number of hydrogen-bond donors (Lipinski definition) is 1. The minimum atomic E-state index is 0.118. The van der Waals surface area contributed by atoms with Crippen LogP contribution in [0.2, 0.25) is 0 Å². The second-order valence-electron chi connectivity index (χ2n) is 4.90. The van der Waals surface area contributed by atoms with Crippen LogP contribution in [0.5, 0.6) is 11.5 Å². The molecule has 0 radical (unpaired) electrons. The molecule has 0 fully saturated rings. The van der Waals surface area contributed by atoms with Crippen LogP contribution in [0.4, 0.5) is 0 Å². The van der Waals surface area contributed by atoms with Gasteiger partial charge in [0.2, 0.25) is 0 Å². The molecule has 3 nitrogen and oxygen atoms in total. The second kappa shape index (κ2) is 7.70. The van der Waals surface area contributed by atoms with Gasteiger partial charge in [-0.1, -0.05) is 37.3 Å². The highest BCUT2D eigenvalue weighted by Crippen LogP contribution is 2.30. The van der Waals surface area contributed by atoms with Gasteiger partial charge in [0.15, 0.2) is 0 Å². The topological polar surface area (TPSA) is 30.5 Å². The predicted octanol–water partition coefficient (Wildman–Crippen LogP) is 3.79. The molecule has 0 aromatic heterocycles. The van der Waals surface area contributed by atoms with Crippen LogP contribution in [0.15, 0.2) is 48.5 Å². The van der Waals surface area contributed by atoms with Gasteiger partial charge in [0, 0.05) is 5.56 Å². The van der Waals surface area contributed by atoms with Gasteiger partial charge in [0.1, 0.15) is 11.5 Å². The highest BCUT2D eigenvalue weighted by atomic mass is 16.5. The molecular weight excluding hydrogens is 262 g/mol. The predicted molar refractivity (Wildman–Crippen MR) is 86.1 cm³/mol. The van der Waals surface area contributed by atoms with Crippen LogP contribution in [0.3, 0.4) is 0 Å². The largest absolute Gasteiger partial charge is 0.497 e. The maximum Gasteiger partial charge on any atom is 0.123 e. The van der Waals surface area contributed by atoms with Gasteiger partial charge in [-0.3, -0.25) is 0 Å². The van der Waals surface area contributed by atoms with Crippen molar-refractivity contribution in [1.82, 2.24) is 5.32 Å². The molecule has 2 aromatic carbocycles. The molecule has 1 atom stereocenters. The van der Waals surface area contributed by atoms with Crippen LogP contribution in [-0.4, -0.2) is 20.8 Å². The summed E-state index contributed by atoms with van der Waals surface area (Å²) >= 11 is 0. The number of hydrogen-bond acceptors (Lipinski definition) is 3. The maximum atomic E-state index is 5.51. The summed E-state index contributed by atoms with van der Waals surface area (Å²) in [6, 6.07) is 16.4. The molecule has 21 heavy (non-hydrogen) atoms. The van der Waals surface area contributed by atoms with Gasteiger partial charge in [0.25, 0.3) is 0 Å². The fourth-order valence-corrected chi connectivity index (χ4v) is 2.40. The molecule has 0 heterocycles. The Bertz CT molecular complexity index is 551. The molecule has 2 rings (SSSR count). The summed E-state index contributed by atoms with van der Waals surface area (Å²) in [5, 5.41) is 3.59. The third kappa shape index (κ3) is 3.76. The van der Waals surface area contributed by atoms with Crippen LogP contribution in [0.1, 0.15) is 30.5 Å². The summed E-state index contributed by atoms with van der Waals surface area (Å²) < 4.78 is 10.7. The zero-order valence-electron chi connectivity index (χ0n) is 12.9. The molecule has 0 saturated heterocycles. The average Bonchev–Trinajstić information content (AvgIpc) is 2.56. The lowest BCUT2D eigenvalue weighted by Crippen LogP contribution is -2.23. The van der Waals surface area contributed by atoms with Crippen molar-refractivity contribution in [3.63, 3.8) is 0 Å². The summed E-state index contributed by atoms with van der Waals surface area (Å²) in [5.41, 5.74) is 2.35. The molecule has 3 heteroatoms. The molecule has 1 unspecified atom stereocenters. The molecule has 0 aliphatic heterocycles. The third-order valence-electron chi connectivity index (χ3n) is 3.50. The van der Waals surface area contributed by atoms with Gasteiger partial charge in [-0.25, -0.2) is 0 Å². The van der Waals surface area contributed by atoms with E-state index in [0.29, 0.717) is 0 Å². The second-order valence-corrected chi connectivity index (χ2v) is 4.90. The first kappa shape index (κ1) is 15.4. The van der Waals surface area contributed by atoms with E-state index in [2.05, 4.69) is 30.4 Å². The smallest absolute Gasteiger partial charge is 0.123 e. The lowest BCUT2D eigenvalue weighted by atomic mass is 9.97. The Hall–Kier alpha value is -2.00. The van der Waals surface area contributed by atoms with Gasteiger partial charge in [0.05, 0.1) is 20.3 Å². The summed E-state index contributed by atoms with van der Waals surface area (Å²) in [7, 11) is 3.39. The maximum absolute atomic E-state index is 5.51. The minimum absolute atomic E-state index is 0.118. The third-order valence-corrected chi connectivity index (χ3v) is 3.50. The monoisotopic (exact) mass is 285 g/mol. The van der Waals surface area contributed by atoms with E-state index < -0.39 is 0 Å².